The molecule has 0 fully saturated rings. The van der Waals surface area contributed by atoms with Crippen LogP contribution in [0.5, 0.6) is 0 Å². The third kappa shape index (κ3) is 11.0. The fraction of sp³-hybridized carbons (Fsp3) is 0.583. The molecule has 0 unspecified atom stereocenters. The molecule has 2 aromatic carbocycles. The number of nitrogens with zero attached hydrogens (tertiary/aromatic N) is 3. The van der Waals surface area contributed by atoms with E-state index in [-0.39, 0.29) is 17.5 Å². The van der Waals surface area contributed by atoms with Gasteiger partial charge < -0.3 is 0 Å². The van der Waals surface area contributed by atoms with E-state index in [0.29, 0.717) is 23.7 Å². The maximum absolute atomic E-state index is 7.03. The Labute approximate surface area is 337 Å². The van der Waals surface area contributed by atoms with Gasteiger partial charge in [-0.2, -0.15) is 0 Å². The van der Waals surface area contributed by atoms with Gasteiger partial charge >= 0.3 is 339 Å². The minimum absolute atomic E-state index is 0.0114. The molecule has 0 amide bonds. The van der Waals surface area contributed by atoms with E-state index in [1.54, 1.807) is 0 Å². The van der Waals surface area contributed by atoms with Crippen LogP contribution in [0, 0.1) is 3.89 Å². The van der Waals surface area contributed by atoms with Gasteiger partial charge in [-0.05, 0) is 0 Å². The quantitative estimate of drug-likeness (QED) is 0.0683. The summed E-state index contributed by atoms with van der Waals surface area (Å²) in [4.78, 5) is 4.95. The molecule has 0 aliphatic rings. The van der Waals surface area contributed by atoms with Crippen LogP contribution in [0.3, 0.4) is 0 Å². The van der Waals surface area contributed by atoms with Crippen LogP contribution in [0.4, 0.5) is 0 Å². The molecule has 0 spiro atoms. The number of benzene rings is 2. The van der Waals surface area contributed by atoms with E-state index >= 15 is 0 Å². The molecule has 4 rings (SSSR count). The van der Waals surface area contributed by atoms with Gasteiger partial charge in [0.05, 0.1) is 0 Å². The van der Waals surface area contributed by atoms with E-state index in [0.717, 1.165) is 9.19 Å². The Balaban J connectivity index is 2.24. The predicted molar refractivity (Wildman–Crippen MR) is 227 cm³/mol. The zero-order valence-electron chi connectivity index (χ0n) is 34.5. The van der Waals surface area contributed by atoms with Crippen LogP contribution in [-0.2, 0) is 17.5 Å². The van der Waals surface area contributed by atoms with E-state index in [9.17, 15) is 0 Å². The van der Waals surface area contributed by atoms with E-state index in [1.807, 2.05) is 18.3 Å². The van der Waals surface area contributed by atoms with Gasteiger partial charge in [-0.1, -0.05) is 0 Å². The molecule has 2 aromatic heterocycles. The van der Waals surface area contributed by atoms with Crippen molar-refractivity contribution in [2.75, 3.05) is 0 Å². The molecule has 0 atom stereocenters. The van der Waals surface area contributed by atoms with Crippen molar-refractivity contribution in [1.29, 1.82) is 0 Å². The summed E-state index contributed by atoms with van der Waals surface area (Å²) in [6, 6.07) is 18.6. The number of aromatic nitrogens is 3. The molecular formula is C48H71ClN3Pd-. The van der Waals surface area contributed by atoms with Crippen LogP contribution in [-0.4, -0.2) is 14.1 Å². The monoisotopic (exact) mass is 830 g/mol. The van der Waals surface area contributed by atoms with Crippen LogP contribution >= 0.6 is 11.6 Å². The van der Waals surface area contributed by atoms with E-state index in [2.05, 4.69) is 113 Å². The minimum atomic E-state index is 0.0114. The first kappa shape index (κ1) is 43.5. The Morgan fingerprint density at radius 1 is 0.491 bits per heavy atom. The van der Waals surface area contributed by atoms with Gasteiger partial charge in [0.2, 0.25) is 0 Å². The van der Waals surface area contributed by atoms with Gasteiger partial charge in [0.15, 0.2) is 0 Å². The van der Waals surface area contributed by atoms with E-state index < -0.39 is 0 Å². The van der Waals surface area contributed by atoms with E-state index in [4.69, 9.17) is 16.6 Å². The molecule has 53 heavy (non-hydrogen) atoms. The van der Waals surface area contributed by atoms with Crippen molar-refractivity contribution in [3.05, 3.63) is 98.3 Å². The maximum atomic E-state index is 7.03. The fourth-order valence-electron chi connectivity index (χ4n) is 8.88. The summed E-state index contributed by atoms with van der Waals surface area (Å²) in [7, 11) is 0. The molecule has 5 heteroatoms. The standard InChI is InChI=1S/C43H68N2.C5H3ClN.Pd/c1-9-19-34(20-10-2)38-27-17-28-39(35(21-11-3)22-12-4)42(38)44-31-32-45(33-44)43-40(36(23-13-5)24-14-6)29-18-30-41(43)37(25-15-7)26-16-8;6-5-2-1-3-7-4-5;/h17-18,27-32,34-37H,9-16,19-26H2,1-8H3;1-3H;/q;;-1. The van der Waals surface area contributed by atoms with Gasteiger partial charge in [0, 0.05) is 0 Å². The second-order valence-electron chi connectivity index (χ2n) is 15.3. The summed E-state index contributed by atoms with van der Waals surface area (Å²) in [5.74, 6) is 2.10. The molecule has 4 aromatic rings. The number of rotatable bonds is 23. The topological polar surface area (TPSA) is 22.8 Å². The molecule has 0 N–H and O–H groups in total. The van der Waals surface area contributed by atoms with Crippen molar-refractivity contribution in [3.8, 4) is 11.4 Å². The second kappa shape index (κ2) is 23.0. The molecule has 0 saturated carbocycles. The van der Waals surface area contributed by atoms with Gasteiger partial charge in [-0.3, -0.25) is 0 Å². The third-order valence-electron chi connectivity index (χ3n) is 11.1. The van der Waals surface area contributed by atoms with Crippen LogP contribution in [0.25, 0.3) is 11.4 Å². The second-order valence-corrected chi connectivity index (χ2v) is 17.5. The summed E-state index contributed by atoms with van der Waals surface area (Å²) < 4.78 is 7.55. The Morgan fingerprint density at radius 3 is 1.09 bits per heavy atom. The van der Waals surface area contributed by atoms with Crippen molar-refractivity contribution in [2.24, 2.45) is 0 Å². The molecule has 0 saturated heterocycles. The average Bonchev–Trinajstić information content (AvgIpc) is 3.57. The summed E-state index contributed by atoms with van der Waals surface area (Å²) in [5.41, 5.74) is 8.94. The molecule has 0 radical (unpaired) electrons. The number of hydrogen-bond acceptors (Lipinski definition) is 1. The van der Waals surface area contributed by atoms with Crippen LogP contribution in [0.2, 0.25) is 5.02 Å². The molecule has 296 valence electrons. The molecule has 0 aliphatic carbocycles. The Kier molecular flexibility index (Phi) is 18.8. The van der Waals surface area contributed by atoms with Gasteiger partial charge in [-0.25, -0.2) is 0 Å². The van der Waals surface area contributed by atoms with Crippen molar-refractivity contribution in [3.63, 3.8) is 0 Å². The Morgan fingerprint density at radius 2 is 0.811 bits per heavy atom. The van der Waals surface area contributed by atoms with Crippen molar-refractivity contribution in [1.82, 2.24) is 14.1 Å². The van der Waals surface area contributed by atoms with Gasteiger partial charge in [-0.15, -0.1) is 0 Å². The number of para-hydroxylation sites is 2. The zero-order valence-corrected chi connectivity index (χ0v) is 36.8. The van der Waals surface area contributed by atoms with Crippen molar-refractivity contribution >= 4 is 15.8 Å². The molecule has 2 heterocycles. The number of halogens is 1. The van der Waals surface area contributed by atoms with Crippen molar-refractivity contribution in [2.45, 2.75) is 182 Å². The van der Waals surface area contributed by atoms with Crippen LogP contribution in [0.15, 0.2) is 67.1 Å². The van der Waals surface area contributed by atoms with Gasteiger partial charge in [0.25, 0.3) is 0 Å². The first-order valence-electron chi connectivity index (χ1n) is 21.5. The molecule has 3 nitrogen and oxygen atoms in total. The summed E-state index contributed by atoms with van der Waals surface area (Å²) in [6.07, 6.45) is 26.0. The Hall–Kier alpha value is -2.25. The molecule has 0 bridgehead atoms. The van der Waals surface area contributed by atoms with Crippen LogP contribution < -0.4 is 4.17 Å². The average molecular weight is 832 g/mol. The zero-order chi connectivity index (χ0) is 38.2. The third-order valence-corrected chi connectivity index (χ3v) is 13.7. The van der Waals surface area contributed by atoms with Crippen molar-refractivity contribution < 1.29 is 17.5 Å². The number of imidazole rings is 1. The summed E-state index contributed by atoms with van der Waals surface area (Å²) in [6.45, 7) is 18.8. The summed E-state index contributed by atoms with van der Waals surface area (Å²) >= 11 is 7.04. The SMILES string of the molecule is CCCC(CCC)c1cccc(C(CCC)CCC)c1-n1ccn(-c2c(C(CCC)CCC)cccc2C(CCC)CCC)[c]1=[Pd-][c]1ncccc1Cl. The number of hydrogen-bond donors (Lipinski definition) is 0. The van der Waals surface area contributed by atoms with Crippen LogP contribution in [0.1, 0.15) is 204 Å². The summed E-state index contributed by atoms with van der Waals surface area (Å²) in [5, 5.41) is 0.761. The Bertz CT molecular complexity index is 1540. The fourth-order valence-corrected chi connectivity index (χ4v) is 11.0. The number of pyridine rings is 1. The van der Waals surface area contributed by atoms with Gasteiger partial charge in [0.1, 0.15) is 0 Å². The molecule has 0 aliphatic heterocycles. The predicted octanol–water partition coefficient (Wildman–Crippen LogP) is 15.0. The molecular weight excluding hydrogens is 760 g/mol. The first-order chi connectivity index (χ1) is 25.9. The normalized spacial score (nSPS) is 12.0. The first-order valence-corrected chi connectivity index (χ1v) is 23.4. The van der Waals surface area contributed by atoms with E-state index in [1.165, 1.54) is 140 Å².